The number of thiocarbonyl (C=S) groups is 1. The highest BCUT2D eigenvalue weighted by molar-refractivity contribution is 7.80. The first-order chi connectivity index (χ1) is 14.5. The van der Waals surface area contributed by atoms with Gasteiger partial charge in [-0.25, -0.2) is 0 Å². The fourth-order valence-electron chi connectivity index (χ4n) is 3.89. The van der Waals surface area contributed by atoms with E-state index in [1.54, 1.807) is 32.4 Å². The Morgan fingerprint density at radius 3 is 2.43 bits per heavy atom. The van der Waals surface area contributed by atoms with Crippen LogP contribution in [-0.2, 0) is 6.54 Å². The summed E-state index contributed by atoms with van der Waals surface area (Å²) < 4.78 is 10.6. The molecule has 1 saturated heterocycles. The van der Waals surface area contributed by atoms with Crippen LogP contribution in [0.2, 0.25) is 0 Å². The van der Waals surface area contributed by atoms with Gasteiger partial charge in [0, 0.05) is 56.7 Å². The van der Waals surface area contributed by atoms with Crippen LogP contribution in [0.25, 0.3) is 0 Å². The van der Waals surface area contributed by atoms with Gasteiger partial charge in [0.1, 0.15) is 0 Å². The van der Waals surface area contributed by atoms with Crippen molar-refractivity contribution in [2.24, 2.45) is 0 Å². The van der Waals surface area contributed by atoms with Crippen molar-refractivity contribution in [3.8, 4) is 11.5 Å². The van der Waals surface area contributed by atoms with Gasteiger partial charge >= 0.3 is 0 Å². The molecule has 0 bridgehead atoms. The van der Waals surface area contributed by atoms with Crippen LogP contribution in [0, 0.1) is 0 Å². The number of amides is 1. The van der Waals surface area contributed by atoms with Gasteiger partial charge in [-0.3, -0.25) is 4.79 Å². The Balaban J connectivity index is 1.42. The molecule has 1 fully saturated rings. The first-order valence-corrected chi connectivity index (χ1v) is 10.3. The molecular formula is C22H26N4O3S. The van der Waals surface area contributed by atoms with Gasteiger partial charge in [0.2, 0.25) is 0 Å². The Bertz CT molecular complexity index is 973. The first kappa shape index (κ1) is 20.3. The molecule has 1 amide bonds. The number of carbonyl (C=O) groups excluding carboxylic acids is 1. The van der Waals surface area contributed by atoms with Crippen molar-refractivity contribution < 1.29 is 14.3 Å². The van der Waals surface area contributed by atoms with Gasteiger partial charge in [-0.2, -0.15) is 0 Å². The van der Waals surface area contributed by atoms with Crippen LogP contribution in [0.5, 0.6) is 11.5 Å². The third kappa shape index (κ3) is 3.87. The molecule has 2 aliphatic rings. The fraction of sp³-hybridized carbons (Fsp3) is 0.364. The highest BCUT2D eigenvalue weighted by atomic mass is 32.1. The molecule has 30 heavy (non-hydrogen) atoms. The van der Waals surface area contributed by atoms with Crippen molar-refractivity contribution >= 4 is 34.6 Å². The van der Waals surface area contributed by atoms with Crippen molar-refractivity contribution in [2.45, 2.75) is 6.54 Å². The van der Waals surface area contributed by atoms with E-state index < -0.39 is 0 Å². The molecule has 2 heterocycles. The zero-order chi connectivity index (χ0) is 21.3. The van der Waals surface area contributed by atoms with Crippen LogP contribution in [-0.4, -0.2) is 68.3 Å². The van der Waals surface area contributed by atoms with Crippen LogP contribution in [0.1, 0.15) is 15.9 Å². The normalized spacial score (nSPS) is 16.1. The zero-order valence-electron chi connectivity index (χ0n) is 17.5. The molecule has 1 N–H and O–H groups in total. The minimum absolute atomic E-state index is 0.0142. The lowest BCUT2D eigenvalue weighted by Crippen LogP contribution is -2.48. The topological polar surface area (TPSA) is 57.3 Å². The molecule has 2 aromatic rings. The molecule has 0 unspecified atom stereocenters. The SMILES string of the molecule is COc1ccc(C(=O)N2CCN(c3ccc4c(c3)CN(C)C(=S)N4)CC2)cc1OC. The van der Waals surface area contributed by atoms with Crippen LogP contribution < -0.4 is 19.7 Å². The van der Waals surface area contributed by atoms with Gasteiger partial charge in [0.05, 0.1) is 14.2 Å². The molecule has 2 aromatic carbocycles. The lowest BCUT2D eigenvalue weighted by atomic mass is 10.1. The predicted octanol–water partition coefficient (Wildman–Crippen LogP) is 2.81. The van der Waals surface area contributed by atoms with Gasteiger partial charge in [0.25, 0.3) is 5.91 Å². The highest BCUT2D eigenvalue weighted by Gasteiger charge is 2.24. The summed E-state index contributed by atoms with van der Waals surface area (Å²) in [6.07, 6.45) is 0. The van der Waals surface area contributed by atoms with Gasteiger partial charge < -0.3 is 29.5 Å². The summed E-state index contributed by atoms with van der Waals surface area (Å²) in [6, 6.07) is 11.7. The van der Waals surface area contributed by atoms with E-state index in [0.717, 1.165) is 30.4 Å². The molecule has 0 aliphatic carbocycles. The molecular weight excluding hydrogens is 400 g/mol. The van der Waals surface area contributed by atoms with E-state index in [0.29, 0.717) is 30.2 Å². The molecule has 4 rings (SSSR count). The average molecular weight is 427 g/mol. The summed E-state index contributed by atoms with van der Waals surface area (Å²) in [5.41, 5.74) is 4.09. The average Bonchev–Trinajstić information content (AvgIpc) is 2.78. The van der Waals surface area contributed by atoms with Crippen LogP contribution in [0.4, 0.5) is 11.4 Å². The number of carbonyl (C=O) groups is 1. The second-order valence-electron chi connectivity index (χ2n) is 7.48. The molecule has 0 atom stereocenters. The Kier molecular flexibility index (Phi) is 5.67. The van der Waals surface area contributed by atoms with E-state index in [9.17, 15) is 4.79 Å². The molecule has 0 radical (unpaired) electrons. The minimum Gasteiger partial charge on any atom is -0.493 e. The summed E-state index contributed by atoms with van der Waals surface area (Å²) in [5.74, 6) is 1.20. The number of piperazine rings is 1. The van der Waals surface area contributed by atoms with E-state index in [1.165, 1.54) is 11.3 Å². The Morgan fingerprint density at radius 2 is 1.73 bits per heavy atom. The summed E-state index contributed by atoms with van der Waals surface area (Å²) in [7, 11) is 5.15. The van der Waals surface area contributed by atoms with E-state index in [2.05, 4.69) is 28.4 Å². The molecule has 0 aromatic heterocycles. The standard InChI is InChI=1S/C22H26N4O3S/c1-24-14-16-12-17(5-6-18(16)23-22(24)30)25-8-10-26(11-9-25)21(27)15-4-7-19(28-2)20(13-15)29-3/h4-7,12-13H,8-11,14H2,1-3H3,(H,23,30). The third-order valence-corrected chi connectivity index (χ3v) is 6.06. The van der Waals surface area contributed by atoms with Gasteiger partial charge in [0.15, 0.2) is 16.6 Å². The molecule has 0 spiro atoms. The Morgan fingerprint density at radius 1 is 1.00 bits per heavy atom. The number of methoxy groups -OCH3 is 2. The van der Waals surface area contributed by atoms with Crippen molar-refractivity contribution in [3.05, 3.63) is 47.5 Å². The van der Waals surface area contributed by atoms with E-state index in [-0.39, 0.29) is 5.91 Å². The van der Waals surface area contributed by atoms with Crippen molar-refractivity contribution in [1.29, 1.82) is 0 Å². The smallest absolute Gasteiger partial charge is 0.254 e. The second kappa shape index (κ2) is 8.39. The Hall–Kier alpha value is -3.00. The van der Waals surface area contributed by atoms with E-state index in [1.807, 2.05) is 16.8 Å². The van der Waals surface area contributed by atoms with Gasteiger partial charge in [-0.15, -0.1) is 0 Å². The van der Waals surface area contributed by atoms with Crippen molar-refractivity contribution in [2.75, 3.05) is 57.7 Å². The minimum atomic E-state index is 0.0142. The maximum atomic E-state index is 13.0. The third-order valence-electron chi connectivity index (χ3n) is 5.65. The zero-order valence-corrected chi connectivity index (χ0v) is 18.3. The molecule has 7 nitrogen and oxygen atoms in total. The highest BCUT2D eigenvalue weighted by Crippen LogP contribution is 2.30. The maximum Gasteiger partial charge on any atom is 0.254 e. The van der Waals surface area contributed by atoms with E-state index >= 15 is 0 Å². The summed E-state index contributed by atoms with van der Waals surface area (Å²) >= 11 is 5.32. The maximum absolute atomic E-state index is 13.0. The lowest BCUT2D eigenvalue weighted by molar-refractivity contribution is 0.0746. The predicted molar refractivity (Wildman–Crippen MR) is 122 cm³/mol. The molecule has 2 aliphatic heterocycles. The van der Waals surface area contributed by atoms with Gasteiger partial charge in [-0.1, -0.05) is 0 Å². The number of benzene rings is 2. The lowest BCUT2D eigenvalue weighted by Gasteiger charge is -2.37. The quantitative estimate of drug-likeness (QED) is 0.755. The van der Waals surface area contributed by atoms with Gasteiger partial charge in [-0.05, 0) is 54.2 Å². The summed E-state index contributed by atoms with van der Waals surface area (Å²) in [5, 5.41) is 4.01. The summed E-state index contributed by atoms with van der Waals surface area (Å²) in [4.78, 5) is 19.2. The van der Waals surface area contributed by atoms with Crippen LogP contribution in [0.15, 0.2) is 36.4 Å². The van der Waals surface area contributed by atoms with Crippen LogP contribution >= 0.6 is 12.2 Å². The van der Waals surface area contributed by atoms with Crippen LogP contribution in [0.3, 0.4) is 0 Å². The largest absolute Gasteiger partial charge is 0.493 e. The number of nitrogens with zero attached hydrogens (tertiary/aromatic N) is 3. The fourth-order valence-corrected chi connectivity index (χ4v) is 4.06. The van der Waals surface area contributed by atoms with E-state index in [4.69, 9.17) is 21.7 Å². The second-order valence-corrected chi connectivity index (χ2v) is 7.86. The number of hydrogen-bond acceptors (Lipinski definition) is 5. The number of nitrogens with one attached hydrogen (secondary N) is 1. The number of hydrogen-bond donors (Lipinski definition) is 1. The van der Waals surface area contributed by atoms with Crippen molar-refractivity contribution in [1.82, 2.24) is 9.80 Å². The number of anilines is 2. The molecule has 0 saturated carbocycles. The summed E-state index contributed by atoms with van der Waals surface area (Å²) in [6.45, 7) is 3.73. The number of fused-ring (bicyclic) bond motifs is 1. The molecule has 158 valence electrons. The monoisotopic (exact) mass is 426 g/mol. The number of ether oxygens (including phenoxy) is 2. The number of rotatable bonds is 4. The molecule has 8 heteroatoms. The first-order valence-electron chi connectivity index (χ1n) is 9.91. The Labute approximate surface area is 182 Å². The van der Waals surface area contributed by atoms with Crippen molar-refractivity contribution in [3.63, 3.8) is 0 Å².